The van der Waals surface area contributed by atoms with E-state index in [1.807, 2.05) is 0 Å². The number of hydrogen-bond donors (Lipinski definition) is 1. The predicted molar refractivity (Wildman–Crippen MR) is 71.7 cm³/mol. The highest BCUT2D eigenvalue weighted by atomic mass is 16.5. The third-order valence-electron chi connectivity index (χ3n) is 3.07. The molecule has 0 spiro atoms. The van der Waals surface area contributed by atoms with Crippen molar-refractivity contribution in [3.05, 3.63) is 0 Å². The fourth-order valence-corrected chi connectivity index (χ4v) is 2.17. The molecular weight excluding hydrogens is 198 g/mol. The van der Waals surface area contributed by atoms with E-state index in [1.165, 1.54) is 6.42 Å². The summed E-state index contributed by atoms with van der Waals surface area (Å²) in [6, 6.07) is 0.590. The van der Waals surface area contributed by atoms with Crippen LogP contribution in [0.25, 0.3) is 0 Å². The van der Waals surface area contributed by atoms with Crippen molar-refractivity contribution in [3.63, 3.8) is 0 Å². The average Bonchev–Trinajstić information content (AvgIpc) is 2.16. The zero-order chi connectivity index (χ0) is 12.6. The molecule has 2 unspecified atom stereocenters. The first kappa shape index (κ1) is 15.9. The molecule has 2 nitrogen and oxygen atoms in total. The zero-order valence-corrected chi connectivity index (χ0v) is 12.0. The van der Waals surface area contributed by atoms with Gasteiger partial charge < -0.3 is 10.1 Å². The van der Waals surface area contributed by atoms with Gasteiger partial charge in [0.1, 0.15) is 0 Å². The maximum absolute atomic E-state index is 5.68. The minimum absolute atomic E-state index is 0.590. The lowest BCUT2D eigenvalue weighted by molar-refractivity contribution is 0.0866. The zero-order valence-electron chi connectivity index (χ0n) is 12.0. The molecule has 0 aliphatic heterocycles. The predicted octanol–water partition coefficient (Wildman–Crippen LogP) is 3.32. The first-order valence-corrected chi connectivity index (χ1v) is 6.80. The minimum Gasteiger partial charge on any atom is -0.381 e. The van der Waals surface area contributed by atoms with Crippen LogP contribution in [0, 0.1) is 17.8 Å². The Labute approximate surface area is 102 Å². The second-order valence-corrected chi connectivity index (χ2v) is 5.51. The van der Waals surface area contributed by atoms with Gasteiger partial charge in [-0.3, -0.25) is 0 Å². The van der Waals surface area contributed by atoms with Crippen molar-refractivity contribution in [2.45, 2.75) is 54.0 Å². The van der Waals surface area contributed by atoms with Gasteiger partial charge in [0.15, 0.2) is 0 Å². The van der Waals surface area contributed by atoms with Gasteiger partial charge in [-0.15, -0.1) is 0 Å². The van der Waals surface area contributed by atoms with Crippen LogP contribution >= 0.6 is 0 Å². The van der Waals surface area contributed by atoms with Crippen LogP contribution in [0.3, 0.4) is 0 Å². The fraction of sp³-hybridized carbons (Fsp3) is 1.00. The first-order chi connectivity index (χ1) is 7.49. The lowest BCUT2D eigenvalue weighted by Crippen LogP contribution is -2.36. The monoisotopic (exact) mass is 229 g/mol. The van der Waals surface area contributed by atoms with Gasteiger partial charge >= 0.3 is 0 Å². The number of nitrogens with one attached hydrogen (secondary N) is 1. The molecule has 0 amide bonds. The molecule has 0 heterocycles. The van der Waals surface area contributed by atoms with Crippen molar-refractivity contribution in [1.82, 2.24) is 5.32 Å². The highest BCUT2D eigenvalue weighted by molar-refractivity contribution is 4.74. The van der Waals surface area contributed by atoms with Crippen LogP contribution in [0.4, 0.5) is 0 Å². The van der Waals surface area contributed by atoms with Gasteiger partial charge in [-0.1, -0.05) is 34.6 Å². The Hall–Kier alpha value is -0.0800. The van der Waals surface area contributed by atoms with E-state index in [0.29, 0.717) is 17.9 Å². The Kier molecular flexibility index (Phi) is 8.96. The van der Waals surface area contributed by atoms with Crippen molar-refractivity contribution < 1.29 is 4.74 Å². The fourth-order valence-electron chi connectivity index (χ4n) is 2.17. The number of hydrogen-bond acceptors (Lipinski definition) is 2. The summed E-state index contributed by atoms with van der Waals surface area (Å²) in [7, 11) is 0. The molecule has 0 aromatic rings. The Balaban J connectivity index is 3.85. The minimum atomic E-state index is 0.590. The van der Waals surface area contributed by atoms with Gasteiger partial charge in [-0.2, -0.15) is 0 Å². The Morgan fingerprint density at radius 3 is 2.12 bits per heavy atom. The molecule has 0 aliphatic rings. The lowest BCUT2D eigenvalue weighted by Gasteiger charge is -2.28. The van der Waals surface area contributed by atoms with Crippen LogP contribution in [-0.2, 0) is 4.74 Å². The Bertz CT molecular complexity index is 157. The summed E-state index contributed by atoms with van der Waals surface area (Å²) < 4.78 is 5.68. The molecule has 1 N–H and O–H groups in total. The van der Waals surface area contributed by atoms with Crippen molar-refractivity contribution in [1.29, 1.82) is 0 Å². The topological polar surface area (TPSA) is 21.3 Å². The van der Waals surface area contributed by atoms with E-state index in [-0.39, 0.29) is 0 Å². The van der Waals surface area contributed by atoms with E-state index < -0.39 is 0 Å². The quantitative estimate of drug-likeness (QED) is 0.612. The van der Waals surface area contributed by atoms with Crippen LogP contribution in [-0.4, -0.2) is 25.8 Å². The number of rotatable bonds is 9. The van der Waals surface area contributed by atoms with Crippen LogP contribution in [0.2, 0.25) is 0 Å². The van der Waals surface area contributed by atoms with Gasteiger partial charge in [0.2, 0.25) is 0 Å². The second-order valence-electron chi connectivity index (χ2n) is 5.51. The number of ether oxygens (including phenoxy) is 1. The van der Waals surface area contributed by atoms with Gasteiger partial charge in [-0.25, -0.2) is 0 Å². The van der Waals surface area contributed by atoms with Crippen molar-refractivity contribution in [2.24, 2.45) is 17.8 Å². The summed E-state index contributed by atoms with van der Waals surface area (Å²) in [4.78, 5) is 0. The van der Waals surface area contributed by atoms with E-state index >= 15 is 0 Å². The molecule has 0 aliphatic carbocycles. The third-order valence-corrected chi connectivity index (χ3v) is 3.07. The largest absolute Gasteiger partial charge is 0.381 e. The second kappa shape index (κ2) is 9.00. The molecule has 0 fully saturated rings. The highest BCUT2D eigenvalue weighted by Crippen LogP contribution is 2.19. The van der Waals surface area contributed by atoms with Crippen LogP contribution in [0.15, 0.2) is 0 Å². The maximum Gasteiger partial charge on any atom is 0.0488 e. The highest BCUT2D eigenvalue weighted by Gasteiger charge is 2.19. The molecule has 98 valence electrons. The smallest absolute Gasteiger partial charge is 0.0488 e. The van der Waals surface area contributed by atoms with Crippen LogP contribution in [0.5, 0.6) is 0 Å². The van der Waals surface area contributed by atoms with Crippen molar-refractivity contribution in [2.75, 3.05) is 19.8 Å². The molecule has 2 atom stereocenters. The Morgan fingerprint density at radius 1 is 1.06 bits per heavy atom. The van der Waals surface area contributed by atoms with Gasteiger partial charge in [-0.05, 0) is 37.6 Å². The summed E-state index contributed by atoms with van der Waals surface area (Å²) in [6.07, 6.45) is 1.17. The molecule has 0 rings (SSSR count). The van der Waals surface area contributed by atoms with E-state index in [4.69, 9.17) is 4.74 Å². The van der Waals surface area contributed by atoms with Gasteiger partial charge in [0, 0.05) is 19.3 Å². The normalized spacial score (nSPS) is 15.8. The summed E-state index contributed by atoms with van der Waals surface area (Å²) in [5.74, 6) is 2.08. The molecule has 16 heavy (non-hydrogen) atoms. The molecule has 0 saturated carbocycles. The van der Waals surface area contributed by atoms with Gasteiger partial charge in [0.25, 0.3) is 0 Å². The summed E-state index contributed by atoms with van der Waals surface area (Å²) in [6.45, 7) is 16.3. The lowest BCUT2D eigenvalue weighted by atomic mass is 9.86. The third kappa shape index (κ3) is 7.24. The van der Waals surface area contributed by atoms with Gasteiger partial charge in [0.05, 0.1) is 0 Å². The summed E-state index contributed by atoms with van der Waals surface area (Å²) >= 11 is 0. The molecule has 0 aromatic heterocycles. The average molecular weight is 229 g/mol. The molecule has 2 heteroatoms. The van der Waals surface area contributed by atoms with E-state index in [0.717, 1.165) is 25.7 Å². The molecule has 0 bridgehead atoms. The van der Waals surface area contributed by atoms with E-state index in [2.05, 4.69) is 46.9 Å². The molecule has 0 radical (unpaired) electrons. The molecule has 0 aromatic carbocycles. The summed E-state index contributed by atoms with van der Waals surface area (Å²) in [5.41, 5.74) is 0. The maximum atomic E-state index is 5.68. The Morgan fingerprint density at radius 2 is 1.69 bits per heavy atom. The van der Waals surface area contributed by atoms with Crippen molar-refractivity contribution in [3.8, 4) is 0 Å². The SMILES string of the molecule is CCNC(C)C(CCOCC(C)C)C(C)C. The van der Waals surface area contributed by atoms with E-state index in [9.17, 15) is 0 Å². The van der Waals surface area contributed by atoms with E-state index in [1.54, 1.807) is 0 Å². The van der Waals surface area contributed by atoms with Crippen LogP contribution < -0.4 is 5.32 Å². The standard InChI is InChI=1S/C14H31NO/c1-7-15-13(6)14(12(4)5)8-9-16-10-11(2)3/h11-15H,7-10H2,1-6H3. The summed E-state index contributed by atoms with van der Waals surface area (Å²) in [5, 5.41) is 3.52. The van der Waals surface area contributed by atoms with Crippen molar-refractivity contribution >= 4 is 0 Å². The molecule has 0 saturated heterocycles. The van der Waals surface area contributed by atoms with Crippen LogP contribution in [0.1, 0.15) is 48.0 Å². The molecular formula is C14H31NO. The first-order valence-electron chi connectivity index (χ1n) is 6.80.